The zero-order valence-electron chi connectivity index (χ0n) is 11.6. The molecular formula is C16H20BrNO2. The molecule has 0 aliphatic carbocycles. The van der Waals surface area contributed by atoms with Gasteiger partial charge in [-0.05, 0) is 35.7 Å². The maximum Gasteiger partial charge on any atom is 0.0934 e. The van der Waals surface area contributed by atoms with Gasteiger partial charge in [-0.1, -0.05) is 28.1 Å². The molecule has 2 rings (SSSR count). The van der Waals surface area contributed by atoms with Gasteiger partial charge in [0.15, 0.2) is 0 Å². The molecule has 1 heterocycles. The van der Waals surface area contributed by atoms with Gasteiger partial charge in [0.1, 0.15) is 0 Å². The van der Waals surface area contributed by atoms with Crippen molar-refractivity contribution in [2.24, 2.45) is 0 Å². The van der Waals surface area contributed by atoms with Crippen LogP contribution in [-0.2, 0) is 11.2 Å². The quantitative estimate of drug-likeness (QED) is 0.747. The van der Waals surface area contributed by atoms with Gasteiger partial charge < -0.3 is 14.5 Å². The maximum absolute atomic E-state index is 5.17. The molecular weight excluding hydrogens is 318 g/mol. The van der Waals surface area contributed by atoms with Crippen molar-refractivity contribution in [2.45, 2.75) is 12.3 Å². The van der Waals surface area contributed by atoms with Gasteiger partial charge in [0.25, 0.3) is 0 Å². The molecule has 4 heteroatoms. The lowest BCUT2D eigenvalue weighted by Crippen LogP contribution is -2.26. The van der Waals surface area contributed by atoms with E-state index in [4.69, 9.17) is 9.15 Å². The number of ether oxygens (including phenoxy) is 1. The first-order valence-corrected chi connectivity index (χ1v) is 7.55. The zero-order chi connectivity index (χ0) is 14.2. The van der Waals surface area contributed by atoms with Crippen LogP contribution in [0, 0.1) is 0 Å². The van der Waals surface area contributed by atoms with Crippen LogP contribution < -0.4 is 5.32 Å². The maximum atomic E-state index is 5.17. The molecule has 1 N–H and O–H groups in total. The molecule has 0 bridgehead atoms. The standard InChI is InChI=1S/C16H20BrNO2/c1-19-9-7-18-11-15(10-13-6-8-20-12-13)14-2-4-16(17)5-3-14/h2-6,8,12,15,18H,7,9-11H2,1H3. The Bertz CT molecular complexity index is 482. The topological polar surface area (TPSA) is 34.4 Å². The number of hydrogen-bond donors (Lipinski definition) is 1. The van der Waals surface area contributed by atoms with Crippen LogP contribution in [0.2, 0.25) is 0 Å². The van der Waals surface area contributed by atoms with E-state index >= 15 is 0 Å². The number of nitrogens with one attached hydrogen (secondary N) is 1. The molecule has 1 unspecified atom stereocenters. The van der Waals surface area contributed by atoms with Crippen LogP contribution in [-0.4, -0.2) is 26.8 Å². The Kier molecular flexibility index (Phi) is 6.30. The van der Waals surface area contributed by atoms with Gasteiger partial charge in [-0.3, -0.25) is 0 Å². The average Bonchev–Trinajstić information content (AvgIpc) is 2.96. The number of methoxy groups -OCH3 is 1. The summed E-state index contributed by atoms with van der Waals surface area (Å²) in [5, 5.41) is 3.44. The Hall–Kier alpha value is -1.10. The van der Waals surface area contributed by atoms with E-state index in [1.54, 1.807) is 13.4 Å². The molecule has 1 aromatic heterocycles. The molecule has 0 spiro atoms. The van der Waals surface area contributed by atoms with Gasteiger partial charge in [0.05, 0.1) is 19.1 Å². The molecule has 1 atom stereocenters. The summed E-state index contributed by atoms with van der Waals surface area (Å²) in [4.78, 5) is 0. The van der Waals surface area contributed by atoms with Crippen LogP contribution >= 0.6 is 15.9 Å². The molecule has 1 aromatic carbocycles. The third-order valence-corrected chi connectivity index (χ3v) is 3.81. The molecule has 0 saturated heterocycles. The predicted octanol–water partition coefficient (Wildman–Crippen LogP) is 3.60. The van der Waals surface area contributed by atoms with Crippen LogP contribution in [0.15, 0.2) is 51.7 Å². The van der Waals surface area contributed by atoms with E-state index < -0.39 is 0 Å². The van der Waals surface area contributed by atoms with E-state index in [1.807, 2.05) is 12.3 Å². The fraction of sp³-hybridized carbons (Fsp3) is 0.375. The van der Waals surface area contributed by atoms with E-state index in [1.165, 1.54) is 11.1 Å². The lowest BCUT2D eigenvalue weighted by atomic mass is 9.93. The second-order valence-corrected chi connectivity index (χ2v) is 5.70. The Labute approximate surface area is 128 Å². The highest BCUT2D eigenvalue weighted by molar-refractivity contribution is 9.10. The second kappa shape index (κ2) is 8.25. The molecule has 0 saturated carbocycles. The van der Waals surface area contributed by atoms with E-state index in [-0.39, 0.29) is 0 Å². The Morgan fingerprint density at radius 1 is 1.25 bits per heavy atom. The second-order valence-electron chi connectivity index (χ2n) is 4.78. The summed E-state index contributed by atoms with van der Waals surface area (Å²) < 4.78 is 11.3. The fourth-order valence-corrected chi connectivity index (χ4v) is 2.45. The van der Waals surface area contributed by atoms with Crippen molar-refractivity contribution in [3.05, 3.63) is 58.5 Å². The highest BCUT2D eigenvalue weighted by Gasteiger charge is 2.13. The number of benzene rings is 1. The summed E-state index contributed by atoms with van der Waals surface area (Å²) in [6.45, 7) is 2.53. The van der Waals surface area contributed by atoms with Crippen LogP contribution in [0.5, 0.6) is 0 Å². The fourth-order valence-electron chi connectivity index (χ4n) is 2.19. The van der Waals surface area contributed by atoms with Gasteiger partial charge in [-0.2, -0.15) is 0 Å². The Morgan fingerprint density at radius 3 is 2.70 bits per heavy atom. The summed E-state index contributed by atoms with van der Waals surface area (Å²) in [6.07, 6.45) is 4.52. The largest absolute Gasteiger partial charge is 0.472 e. The number of halogens is 1. The highest BCUT2D eigenvalue weighted by atomic mass is 79.9. The number of rotatable bonds is 8. The van der Waals surface area contributed by atoms with Gasteiger partial charge in [0.2, 0.25) is 0 Å². The van der Waals surface area contributed by atoms with Crippen molar-refractivity contribution in [2.75, 3.05) is 26.8 Å². The minimum atomic E-state index is 0.428. The SMILES string of the molecule is COCCNCC(Cc1ccoc1)c1ccc(Br)cc1. The minimum absolute atomic E-state index is 0.428. The van der Waals surface area contributed by atoms with E-state index in [9.17, 15) is 0 Å². The summed E-state index contributed by atoms with van der Waals surface area (Å²) in [6, 6.07) is 10.6. The summed E-state index contributed by atoms with van der Waals surface area (Å²) in [5.41, 5.74) is 2.56. The zero-order valence-corrected chi connectivity index (χ0v) is 13.2. The Balaban J connectivity index is 2.00. The van der Waals surface area contributed by atoms with Crippen LogP contribution in [0.25, 0.3) is 0 Å². The van der Waals surface area contributed by atoms with Crippen molar-refractivity contribution in [1.29, 1.82) is 0 Å². The van der Waals surface area contributed by atoms with Crippen LogP contribution in [0.4, 0.5) is 0 Å². The molecule has 0 fully saturated rings. The lowest BCUT2D eigenvalue weighted by molar-refractivity contribution is 0.199. The third-order valence-electron chi connectivity index (χ3n) is 3.28. The van der Waals surface area contributed by atoms with Gasteiger partial charge in [-0.15, -0.1) is 0 Å². The average molecular weight is 338 g/mol. The van der Waals surface area contributed by atoms with Gasteiger partial charge in [0, 0.05) is 30.6 Å². The van der Waals surface area contributed by atoms with Crippen molar-refractivity contribution < 1.29 is 9.15 Å². The third kappa shape index (κ3) is 4.78. The van der Waals surface area contributed by atoms with Gasteiger partial charge in [-0.25, -0.2) is 0 Å². The monoisotopic (exact) mass is 337 g/mol. The van der Waals surface area contributed by atoms with Crippen molar-refractivity contribution in [3.63, 3.8) is 0 Å². The first-order valence-electron chi connectivity index (χ1n) is 6.76. The van der Waals surface area contributed by atoms with Gasteiger partial charge >= 0.3 is 0 Å². The summed E-state index contributed by atoms with van der Waals surface area (Å²) in [5.74, 6) is 0.428. The molecule has 108 valence electrons. The molecule has 0 amide bonds. The molecule has 20 heavy (non-hydrogen) atoms. The minimum Gasteiger partial charge on any atom is -0.472 e. The number of furan rings is 1. The summed E-state index contributed by atoms with van der Waals surface area (Å²) in [7, 11) is 1.72. The smallest absolute Gasteiger partial charge is 0.0934 e. The van der Waals surface area contributed by atoms with E-state index in [0.717, 1.165) is 30.6 Å². The van der Waals surface area contributed by atoms with Crippen molar-refractivity contribution in [3.8, 4) is 0 Å². The van der Waals surface area contributed by atoms with Crippen LogP contribution in [0.3, 0.4) is 0 Å². The first-order chi connectivity index (χ1) is 9.79. The summed E-state index contributed by atoms with van der Waals surface area (Å²) >= 11 is 3.48. The predicted molar refractivity (Wildman–Crippen MR) is 84.0 cm³/mol. The normalized spacial score (nSPS) is 12.5. The van der Waals surface area contributed by atoms with Crippen molar-refractivity contribution in [1.82, 2.24) is 5.32 Å². The molecule has 3 nitrogen and oxygen atoms in total. The molecule has 2 aromatic rings. The molecule has 0 radical (unpaired) electrons. The van der Waals surface area contributed by atoms with E-state index in [0.29, 0.717) is 5.92 Å². The lowest BCUT2D eigenvalue weighted by Gasteiger charge is -2.17. The van der Waals surface area contributed by atoms with E-state index in [2.05, 4.69) is 45.5 Å². The van der Waals surface area contributed by atoms with Crippen LogP contribution in [0.1, 0.15) is 17.0 Å². The van der Waals surface area contributed by atoms with Crippen molar-refractivity contribution >= 4 is 15.9 Å². The molecule has 0 aliphatic rings. The molecule has 0 aliphatic heterocycles. The number of hydrogen-bond acceptors (Lipinski definition) is 3. The highest BCUT2D eigenvalue weighted by Crippen LogP contribution is 2.22. The Morgan fingerprint density at radius 2 is 2.05 bits per heavy atom. The first kappa shape index (κ1) is 15.3.